The zero-order valence-electron chi connectivity index (χ0n) is 17.1. The second-order valence-electron chi connectivity index (χ2n) is 7.65. The molecule has 3 aromatic carbocycles. The molecule has 2 heterocycles. The highest BCUT2D eigenvalue weighted by atomic mass is 35.5. The maximum atomic E-state index is 14.2. The lowest BCUT2D eigenvalue weighted by atomic mass is 9.98. The van der Waals surface area contributed by atoms with E-state index >= 15 is 0 Å². The van der Waals surface area contributed by atoms with Crippen LogP contribution in [0.5, 0.6) is 0 Å². The summed E-state index contributed by atoms with van der Waals surface area (Å²) in [7, 11) is 0. The van der Waals surface area contributed by atoms with Crippen molar-refractivity contribution < 1.29 is 9.18 Å². The average molecular weight is 444 g/mol. The Kier molecular flexibility index (Phi) is 5.41. The van der Waals surface area contributed by atoms with Crippen molar-refractivity contribution in [1.29, 1.82) is 0 Å². The normalized spacial score (nSPS) is 13.0. The van der Waals surface area contributed by atoms with Gasteiger partial charge in [-0.15, -0.1) is 0 Å². The number of carbonyl (C=O) groups excluding carboxylic acids is 1. The molecule has 5 rings (SSSR count). The van der Waals surface area contributed by atoms with Crippen molar-refractivity contribution in [2.45, 2.75) is 13.0 Å². The SMILES string of the molecule is O=C(c1ccccc1F)N1CCc2nc(-c3ccc(Cl)cc3)nc(-c3ccccc3)c2C1. The van der Waals surface area contributed by atoms with E-state index in [2.05, 4.69) is 0 Å². The van der Waals surface area contributed by atoms with Crippen molar-refractivity contribution >= 4 is 17.5 Å². The second kappa shape index (κ2) is 8.52. The zero-order chi connectivity index (χ0) is 22.1. The molecule has 4 aromatic rings. The molecule has 6 heteroatoms. The van der Waals surface area contributed by atoms with Crippen LogP contribution in [0.4, 0.5) is 4.39 Å². The number of amides is 1. The van der Waals surface area contributed by atoms with E-state index in [1.807, 2.05) is 54.6 Å². The largest absolute Gasteiger partial charge is 0.334 e. The molecule has 1 aliphatic rings. The van der Waals surface area contributed by atoms with E-state index in [9.17, 15) is 9.18 Å². The molecule has 0 radical (unpaired) electrons. The van der Waals surface area contributed by atoms with E-state index in [0.717, 1.165) is 28.1 Å². The van der Waals surface area contributed by atoms with Crippen LogP contribution in [0.2, 0.25) is 5.02 Å². The van der Waals surface area contributed by atoms with E-state index in [4.69, 9.17) is 21.6 Å². The third-order valence-corrected chi connectivity index (χ3v) is 5.85. The molecule has 32 heavy (non-hydrogen) atoms. The third kappa shape index (κ3) is 3.87. The Labute approximate surface area is 190 Å². The fourth-order valence-corrected chi connectivity index (χ4v) is 4.08. The van der Waals surface area contributed by atoms with Gasteiger partial charge in [-0.3, -0.25) is 4.79 Å². The Morgan fingerprint density at radius 1 is 0.875 bits per heavy atom. The zero-order valence-corrected chi connectivity index (χ0v) is 17.9. The maximum absolute atomic E-state index is 14.2. The highest BCUT2D eigenvalue weighted by Gasteiger charge is 2.28. The van der Waals surface area contributed by atoms with Gasteiger partial charge in [0.25, 0.3) is 5.91 Å². The molecule has 0 aliphatic carbocycles. The number of halogens is 2. The van der Waals surface area contributed by atoms with Crippen LogP contribution in [0.15, 0.2) is 78.9 Å². The lowest BCUT2D eigenvalue weighted by Gasteiger charge is -2.30. The van der Waals surface area contributed by atoms with E-state index < -0.39 is 5.82 Å². The summed E-state index contributed by atoms with van der Waals surface area (Å²) in [4.78, 5) is 24.4. The summed E-state index contributed by atoms with van der Waals surface area (Å²) in [5, 5.41) is 0.650. The molecule has 0 saturated carbocycles. The van der Waals surface area contributed by atoms with Crippen LogP contribution in [0.3, 0.4) is 0 Å². The fraction of sp³-hybridized carbons (Fsp3) is 0.115. The quantitative estimate of drug-likeness (QED) is 0.402. The minimum absolute atomic E-state index is 0.0795. The number of aromatic nitrogens is 2. The van der Waals surface area contributed by atoms with Gasteiger partial charge in [-0.2, -0.15) is 0 Å². The molecule has 0 unspecified atom stereocenters. The molecular weight excluding hydrogens is 425 g/mol. The van der Waals surface area contributed by atoms with Gasteiger partial charge < -0.3 is 4.90 Å². The molecule has 0 fully saturated rings. The summed E-state index contributed by atoms with van der Waals surface area (Å²) >= 11 is 6.04. The lowest BCUT2D eigenvalue weighted by Crippen LogP contribution is -2.37. The van der Waals surface area contributed by atoms with Crippen LogP contribution < -0.4 is 0 Å². The lowest BCUT2D eigenvalue weighted by molar-refractivity contribution is 0.0729. The Morgan fingerprint density at radius 3 is 2.34 bits per heavy atom. The second-order valence-corrected chi connectivity index (χ2v) is 8.09. The minimum atomic E-state index is -0.513. The maximum Gasteiger partial charge on any atom is 0.257 e. The van der Waals surface area contributed by atoms with Gasteiger partial charge in [-0.1, -0.05) is 54.1 Å². The first-order chi connectivity index (χ1) is 15.6. The molecule has 0 saturated heterocycles. The van der Waals surface area contributed by atoms with Crippen LogP contribution in [0, 0.1) is 5.82 Å². The number of hydrogen-bond acceptors (Lipinski definition) is 3. The first kappa shape index (κ1) is 20.3. The number of fused-ring (bicyclic) bond motifs is 1. The highest BCUT2D eigenvalue weighted by molar-refractivity contribution is 6.30. The van der Waals surface area contributed by atoms with E-state index in [0.29, 0.717) is 30.4 Å². The molecule has 158 valence electrons. The Bertz CT molecular complexity index is 1290. The first-order valence-electron chi connectivity index (χ1n) is 10.3. The van der Waals surface area contributed by atoms with E-state index in [-0.39, 0.29) is 11.5 Å². The number of rotatable bonds is 3. The smallest absolute Gasteiger partial charge is 0.257 e. The van der Waals surface area contributed by atoms with Gasteiger partial charge in [-0.05, 0) is 36.4 Å². The predicted molar refractivity (Wildman–Crippen MR) is 123 cm³/mol. The highest BCUT2D eigenvalue weighted by Crippen LogP contribution is 2.31. The first-order valence-corrected chi connectivity index (χ1v) is 10.7. The summed E-state index contributed by atoms with van der Waals surface area (Å²) in [6.07, 6.45) is 0.568. The summed E-state index contributed by atoms with van der Waals surface area (Å²) in [6.45, 7) is 0.791. The van der Waals surface area contributed by atoms with Gasteiger partial charge in [0.2, 0.25) is 0 Å². The number of benzene rings is 3. The number of nitrogens with zero attached hydrogens (tertiary/aromatic N) is 3. The standard InChI is InChI=1S/C26H19ClFN3O/c27-19-12-10-18(11-13-19)25-29-23-14-15-31(26(32)20-8-4-5-9-22(20)28)16-21(23)24(30-25)17-6-2-1-3-7-17/h1-13H,14-16H2. The van der Waals surface area contributed by atoms with Gasteiger partial charge in [0.15, 0.2) is 5.82 Å². The van der Waals surface area contributed by atoms with Crippen LogP contribution in [-0.4, -0.2) is 27.3 Å². The summed E-state index contributed by atoms with van der Waals surface area (Å²) in [6, 6.07) is 23.4. The molecule has 1 amide bonds. The van der Waals surface area contributed by atoms with Crippen LogP contribution >= 0.6 is 11.6 Å². The molecule has 0 bridgehead atoms. The van der Waals surface area contributed by atoms with Gasteiger partial charge in [0, 0.05) is 41.2 Å². The van der Waals surface area contributed by atoms with Crippen LogP contribution in [0.1, 0.15) is 21.6 Å². The van der Waals surface area contributed by atoms with Crippen molar-refractivity contribution in [3.05, 3.63) is 107 Å². The van der Waals surface area contributed by atoms with Crippen molar-refractivity contribution in [3.63, 3.8) is 0 Å². The monoisotopic (exact) mass is 443 g/mol. The molecule has 4 nitrogen and oxygen atoms in total. The molecule has 0 atom stereocenters. The van der Waals surface area contributed by atoms with Gasteiger partial charge in [-0.25, -0.2) is 14.4 Å². The molecule has 0 spiro atoms. The number of carbonyl (C=O) groups is 1. The number of hydrogen-bond donors (Lipinski definition) is 0. The van der Waals surface area contributed by atoms with E-state index in [1.165, 1.54) is 12.1 Å². The van der Waals surface area contributed by atoms with E-state index in [1.54, 1.807) is 17.0 Å². The Hall–Kier alpha value is -3.57. The average Bonchev–Trinajstić information content (AvgIpc) is 2.84. The molecule has 0 N–H and O–H groups in total. The molecular formula is C26H19ClFN3O. The van der Waals surface area contributed by atoms with Crippen LogP contribution in [0.25, 0.3) is 22.6 Å². The fourth-order valence-electron chi connectivity index (χ4n) is 3.96. The van der Waals surface area contributed by atoms with Gasteiger partial charge in [0.1, 0.15) is 5.82 Å². The van der Waals surface area contributed by atoms with Gasteiger partial charge in [0.05, 0.1) is 17.0 Å². The van der Waals surface area contributed by atoms with Gasteiger partial charge >= 0.3 is 0 Å². The molecule has 1 aromatic heterocycles. The minimum Gasteiger partial charge on any atom is -0.334 e. The van der Waals surface area contributed by atoms with Crippen molar-refractivity contribution in [2.75, 3.05) is 6.54 Å². The topological polar surface area (TPSA) is 46.1 Å². The Morgan fingerprint density at radius 2 is 1.59 bits per heavy atom. The summed E-state index contributed by atoms with van der Waals surface area (Å²) in [5.74, 6) is -0.219. The van der Waals surface area contributed by atoms with Crippen molar-refractivity contribution in [1.82, 2.24) is 14.9 Å². The predicted octanol–water partition coefficient (Wildman–Crippen LogP) is 5.80. The summed E-state index contributed by atoms with van der Waals surface area (Å²) in [5.41, 5.74) is 4.48. The Balaban J connectivity index is 1.58. The van der Waals surface area contributed by atoms with Crippen molar-refractivity contribution in [3.8, 4) is 22.6 Å². The molecule has 1 aliphatic heterocycles. The third-order valence-electron chi connectivity index (χ3n) is 5.60. The van der Waals surface area contributed by atoms with Crippen molar-refractivity contribution in [2.24, 2.45) is 0 Å². The van der Waals surface area contributed by atoms with Crippen LogP contribution in [-0.2, 0) is 13.0 Å². The summed E-state index contributed by atoms with van der Waals surface area (Å²) < 4.78 is 14.2.